The Morgan fingerprint density at radius 1 is 1.15 bits per heavy atom. The minimum absolute atomic E-state index is 0.00859. The number of aryl methyl sites for hydroxylation is 1. The van der Waals surface area contributed by atoms with E-state index in [4.69, 9.17) is 14.2 Å². The lowest BCUT2D eigenvalue weighted by Crippen LogP contribution is -2.32. The number of thiophene rings is 1. The number of carbonyl (C=O) groups is 3. The van der Waals surface area contributed by atoms with E-state index >= 15 is 0 Å². The van der Waals surface area contributed by atoms with Crippen LogP contribution < -0.4 is 20.2 Å². The van der Waals surface area contributed by atoms with E-state index in [1.807, 2.05) is 0 Å². The Bertz CT molecular complexity index is 1460. The Kier molecular flexibility index (Phi) is 9.88. The summed E-state index contributed by atoms with van der Waals surface area (Å²) in [5, 5.41) is 6.71. The van der Waals surface area contributed by atoms with Crippen LogP contribution in [-0.4, -0.2) is 37.7 Å². The van der Waals surface area contributed by atoms with E-state index < -0.39 is 17.8 Å². The maximum absolute atomic E-state index is 13.9. The van der Waals surface area contributed by atoms with E-state index in [0.717, 1.165) is 36.1 Å². The number of nitrogens with zero attached hydrogens (tertiary/aromatic N) is 1. The highest BCUT2D eigenvalue weighted by Crippen LogP contribution is 2.39. The van der Waals surface area contributed by atoms with Gasteiger partial charge in [0.15, 0.2) is 11.5 Å². The molecular weight excluding hydrogens is 605 g/mol. The number of fused-ring (bicyclic) bond motifs is 1. The molecule has 9 nitrogen and oxygen atoms in total. The van der Waals surface area contributed by atoms with Gasteiger partial charge in [0, 0.05) is 10.4 Å². The predicted octanol–water partition coefficient (Wildman–Crippen LogP) is 5.38. The summed E-state index contributed by atoms with van der Waals surface area (Å²) in [6.07, 6.45) is 4.80. The van der Waals surface area contributed by atoms with Gasteiger partial charge in [-0.15, -0.1) is 11.3 Å². The number of hydrogen-bond acceptors (Lipinski definition) is 8. The van der Waals surface area contributed by atoms with Crippen molar-refractivity contribution in [3.8, 4) is 11.5 Å². The highest BCUT2D eigenvalue weighted by atomic mass is 79.9. The molecule has 3 aromatic rings. The van der Waals surface area contributed by atoms with E-state index in [2.05, 4.69) is 31.8 Å². The average Bonchev–Trinajstić information content (AvgIpc) is 3.31. The molecule has 0 spiro atoms. The number of hydrogen-bond donors (Lipinski definition) is 2. The van der Waals surface area contributed by atoms with Gasteiger partial charge < -0.3 is 19.5 Å². The zero-order valence-electron chi connectivity index (χ0n) is 21.8. The summed E-state index contributed by atoms with van der Waals surface area (Å²) in [5.41, 5.74) is 4.30. The van der Waals surface area contributed by atoms with Crippen molar-refractivity contribution in [2.45, 2.75) is 39.2 Å². The van der Waals surface area contributed by atoms with E-state index in [9.17, 15) is 18.8 Å². The van der Waals surface area contributed by atoms with Crippen LogP contribution in [0.5, 0.6) is 11.5 Å². The van der Waals surface area contributed by atoms with Crippen molar-refractivity contribution < 1.29 is 33.0 Å². The van der Waals surface area contributed by atoms with Gasteiger partial charge in [-0.25, -0.2) is 14.6 Å². The van der Waals surface area contributed by atoms with Gasteiger partial charge >= 0.3 is 17.8 Å². The molecule has 0 aliphatic heterocycles. The second-order valence-corrected chi connectivity index (χ2v) is 10.7. The first-order chi connectivity index (χ1) is 19.3. The Balaban J connectivity index is 1.41. The Morgan fingerprint density at radius 2 is 1.93 bits per heavy atom. The van der Waals surface area contributed by atoms with Gasteiger partial charge in [0.2, 0.25) is 0 Å². The SMILES string of the molecule is CCOC(=O)c1c(NC(=O)C(=O)NN=Cc2cc(Br)c(OCc3ccccc3F)c(OC)c2)sc2c1CCCC2. The number of hydrazone groups is 1. The first-order valence-electron chi connectivity index (χ1n) is 12.5. The molecule has 1 aromatic heterocycles. The van der Waals surface area contributed by atoms with Gasteiger partial charge in [-0.3, -0.25) is 9.59 Å². The summed E-state index contributed by atoms with van der Waals surface area (Å²) >= 11 is 4.71. The Hall–Kier alpha value is -3.77. The molecule has 210 valence electrons. The Labute approximate surface area is 242 Å². The molecule has 12 heteroatoms. The van der Waals surface area contributed by atoms with E-state index in [1.54, 1.807) is 37.3 Å². The number of rotatable bonds is 9. The number of esters is 1. The van der Waals surface area contributed by atoms with Crippen LogP contribution in [-0.2, 0) is 33.8 Å². The van der Waals surface area contributed by atoms with Gasteiger partial charge in [0.05, 0.1) is 30.0 Å². The molecule has 0 saturated heterocycles. The van der Waals surface area contributed by atoms with Crippen LogP contribution in [0, 0.1) is 5.82 Å². The van der Waals surface area contributed by atoms with Crippen LogP contribution >= 0.6 is 27.3 Å². The molecule has 2 aromatic carbocycles. The lowest BCUT2D eigenvalue weighted by atomic mass is 9.95. The van der Waals surface area contributed by atoms with Crippen molar-refractivity contribution in [3.63, 3.8) is 0 Å². The number of methoxy groups -OCH3 is 1. The van der Waals surface area contributed by atoms with Crippen molar-refractivity contribution in [2.75, 3.05) is 19.0 Å². The molecule has 1 heterocycles. The topological polar surface area (TPSA) is 115 Å². The first-order valence-corrected chi connectivity index (χ1v) is 14.1. The molecule has 0 atom stereocenters. The first kappa shape index (κ1) is 29.2. The lowest BCUT2D eigenvalue weighted by molar-refractivity contribution is -0.136. The Morgan fingerprint density at radius 3 is 2.67 bits per heavy atom. The molecule has 4 rings (SSSR count). The quantitative estimate of drug-likeness (QED) is 0.142. The van der Waals surface area contributed by atoms with Crippen molar-refractivity contribution in [1.29, 1.82) is 0 Å². The van der Waals surface area contributed by atoms with Crippen LogP contribution in [0.25, 0.3) is 0 Å². The molecule has 0 radical (unpaired) electrons. The standard InChI is InChI=1S/C28H27BrFN3O6S/c1-3-38-28(36)23-18-9-5-7-11-22(18)40-27(23)32-25(34)26(35)33-31-14-16-12-19(29)24(21(13-16)37-2)39-15-17-8-4-6-10-20(17)30/h4,6,8,10,12-14H,3,5,7,9,11,15H2,1-2H3,(H,32,34)(H,33,35). The third-order valence-corrected chi connectivity index (χ3v) is 7.84. The third-order valence-electron chi connectivity index (χ3n) is 6.05. The molecule has 0 saturated carbocycles. The van der Waals surface area contributed by atoms with E-state index in [-0.39, 0.29) is 19.0 Å². The van der Waals surface area contributed by atoms with Crippen molar-refractivity contribution in [2.24, 2.45) is 5.10 Å². The van der Waals surface area contributed by atoms with Crippen LogP contribution in [0.2, 0.25) is 0 Å². The van der Waals surface area contributed by atoms with Gasteiger partial charge in [-0.05, 0) is 77.9 Å². The molecule has 40 heavy (non-hydrogen) atoms. The lowest BCUT2D eigenvalue weighted by Gasteiger charge is -2.14. The number of ether oxygens (including phenoxy) is 3. The predicted molar refractivity (Wildman–Crippen MR) is 153 cm³/mol. The summed E-state index contributed by atoms with van der Waals surface area (Å²) in [7, 11) is 1.46. The highest BCUT2D eigenvalue weighted by Gasteiger charge is 2.28. The molecule has 1 aliphatic rings. The molecule has 0 fully saturated rings. The van der Waals surface area contributed by atoms with Gasteiger partial charge in [0.25, 0.3) is 0 Å². The summed E-state index contributed by atoms with van der Waals surface area (Å²) in [6, 6.07) is 9.57. The number of anilines is 1. The monoisotopic (exact) mass is 631 g/mol. The summed E-state index contributed by atoms with van der Waals surface area (Å²) in [5.74, 6) is -2.15. The fourth-order valence-corrected chi connectivity index (χ4v) is 6.02. The van der Waals surface area contributed by atoms with Crippen molar-refractivity contribution in [1.82, 2.24) is 5.43 Å². The largest absolute Gasteiger partial charge is 0.493 e. The zero-order valence-corrected chi connectivity index (χ0v) is 24.2. The van der Waals surface area contributed by atoms with Gasteiger partial charge in [-0.1, -0.05) is 18.2 Å². The van der Waals surface area contributed by atoms with Crippen molar-refractivity contribution in [3.05, 3.63) is 73.8 Å². The highest BCUT2D eigenvalue weighted by molar-refractivity contribution is 9.10. The fraction of sp³-hybridized carbons (Fsp3) is 0.286. The summed E-state index contributed by atoms with van der Waals surface area (Å²) in [4.78, 5) is 38.6. The van der Waals surface area contributed by atoms with Crippen LogP contribution in [0.3, 0.4) is 0 Å². The second kappa shape index (κ2) is 13.5. The van der Waals surface area contributed by atoms with Gasteiger partial charge in [0.1, 0.15) is 17.4 Å². The molecular formula is C28H27BrFN3O6S. The zero-order chi connectivity index (χ0) is 28.6. The average molecular weight is 633 g/mol. The van der Waals surface area contributed by atoms with Crippen LogP contribution in [0.1, 0.15) is 51.7 Å². The van der Waals surface area contributed by atoms with E-state index in [1.165, 1.54) is 30.7 Å². The maximum atomic E-state index is 13.9. The van der Waals surface area contributed by atoms with Crippen LogP contribution in [0.15, 0.2) is 46.0 Å². The fourth-order valence-electron chi connectivity index (χ4n) is 4.17. The third kappa shape index (κ3) is 6.86. The van der Waals surface area contributed by atoms with Crippen molar-refractivity contribution >= 4 is 56.3 Å². The number of amides is 2. The summed E-state index contributed by atoms with van der Waals surface area (Å²) in [6.45, 7) is 1.90. The maximum Gasteiger partial charge on any atom is 0.341 e. The number of benzene rings is 2. The van der Waals surface area contributed by atoms with Crippen LogP contribution in [0.4, 0.5) is 9.39 Å². The number of nitrogens with one attached hydrogen (secondary N) is 2. The second-order valence-electron chi connectivity index (χ2n) is 8.70. The minimum atomic E-state index is -1.01. The smallest absolute Gasteiger partial charge is 0.341 e. The molecule has 2 N–H and O–H groups in total. The van der Waals surface area contributed by atoms with Gasteiger partial charge in [-0.2, -0.15) is 5.10 Å². The summed E-state index contributed by atoms with van der Waals surface area (Å²) < 4.78 is 30.8. The molecule has 0 unspecified atom stereocenters. The number of carbonyl (C=O) groups excluding carboxylic acids is 3. The molecule has 1 aliphatic carbocycles. The normalized spacial score (nSPS) is 12.5. The molecule has 0 bridgehead atoms. The molecule has 2 amide bonds. The minimum Gasteiger partial charge on any atom is -0.493 e. The van der Waals surface area contributed by atoms with E-state index in [0.29, 0.717) is 37.7 Å². The number of halogens is 2.